The van der Waals surface area contributed by atoms with Crippen molar-refractivity contribution in [1.29, 1.82) is 5.26 Å². The first-order valence-electron chi connectivity index (χ1n) is 5.43. The van der Waals surface area contributed by atoms with E-state index in [0.717, 1.165) is 0 Å². The van der Waals surface area contributed by atoms with Gasteiger partial charge in [0.25, 0.3) is 5.91 Å². The predicted molar refractivity (Wildman–Crippen MR) is 64.7 cm³/mol. The number of nitriles is 1. The molecule has 7 nitrogen and oxygen atoms in total. The van der Waals surface area contributed by atoms with Gasteiger partial charge >= 0.3 is 0 Å². The number of hydrogen-bond donors (Lipinski definition) is 2. The molecule has 0 aromatic carbocycles. The summed E-state index contributed by atoms with van der Waals surface area (Å²) in [6.07, 6.45) is 0.904. The second-order valence-corrected chi connectivity index (χ2v) is 3.93. The van der Waals surface area contributed by atoms with Crippen LogP contribution >= 0.6 is 0 Å². The zero-order valence-corrected chi connectivity index (χ0v) is 9.67. The SMILES string of the molecule is N#CC1CN(c2cc(C(N)=O)c(N)cn2)CCO1. The van der Waals surface area contributed by atoms with Crippen molar-refractivity contribution in [2.75, 3.05) is 30.3 Å². The lowest BCUT2D eigenvalue weighted by molar-refractivity contribution is 0.0761. The van der Waals surface area contributed by atoms with Crippen molar-refractivity contribution in [3.8, 4) is 6.07 Å². The topological polar surface area (TPSA) is 118 Å². The van der Waals surface area contributed by atoms with Crippen LogP contribution in [0.25, 0.3) is 0 Å². The van der Waals surface area contributed by atoms with E-state index in [0.29, 0.717) is 25.5 Å². The molecule has 2 rings (SSSR count). The molecular formula is C11H13N5O2. The van der Waals surface area contributed by atoms with Crippen LogP contribution in [-0.2, 0) is 4.74 Å². The molecule has 2 heterocycles. The van der Waals surface area contributed by atoms with E-state index >= 15 is 0 Å². The fourth-order valence-electron chi connectivity index (χ4n) is 1.78. The molecule has 1 aliphatic heterocycles. The number of nitrogens with zero attached hydrogens (tertiary/aromatic N) is 3. The lowest BCUT2D eigenvalue weighted by Crippen LogP contribution is -2.42. The number of morpholine rings is 1. The van der Waals surface area contributed by atoms with Crippen LogP contribution in [-0.4, -0.2) is 36.7 Å². The van der Waals surface area contributed by atoms with Gasteiger partial charge in [-0.25, -0.2) is 4.98 Å². The third-order valence-electron chi connectivity index (χ3n) is 2.72. The molecule has 1 aliphatic rings. The summed E-state index contributed by atoms with van der Waals surface area (Å²) < 4.78 is 5.23. The lowest BCUT2D eigenvalue weighted by Gasteiger charge is -2.30. The molecule has 1 aromatic rings. The molecule has 1 unspecified atom stereocenters. The Kier molecular flexibility index (Phi) is 3.30. The minimum absolute atomic E-state index is 0.236. The minimum Gasteiger partial charge on any atom is -0.397 e. The number of primary amides is 1. The van der Waals surface area contributed by atoms with Gasteiger partial charge in [-0.2, -0.15) is 5.26 Å². The summed E-state index contributed by atoms with van der Waals surface area (Å²) in [5.74, 6) is -0.0252. The van der Waals surface area contributed by atoms with Crippen molar-refractivity contribution >= 4 is 17.4 Å². The van der Waals surface area contributed by atoms with Gasteiger partial charge in [-0.3, -0.25) is 4.79 Å². The van der Waals surface area contributed by atoms with Crippen LogP contribution in [0.3, 0.4) is 0 Å². The Labute approximate surface area is 104 Å². The maximum absolute atomic E-state index is 11.2. The Morgan fingerprint density at radius 2 is 2.44 bits per heavy atom. The number of nitrogen functional groups attached to an aromatic ring is 1. The quantitative estimate of drug-likeness (QED) is 0.726. The van der Waals surface area contributed by atoms with Gasteiger partial charge in [-0.15, -0.1) is 0 Å². The molecule has 7 heteroatoms. The molecule has 1 saturated heterocycles. The van der Waals surface area contributed by atoms with Gasteiger partial charge in [0.2, 0.25) is 0 Å². The number of hydrogen-bond acceptors (Lipinski definition) is 6. The minimum atomic E-state index is -0.596. The summed E-state index contributed by atoms with van der Waals surface area (Å²) in [7, 11) is 0. The molecule has 1 fully saturated rings. The zero-order chi connectivity index (χ0) is 13.1. The summed E-state index contributed by atoms with van der Waals surface area (Å²) >= 11 is 0. The van der Waals surface area contributed by atoms with Crippen LogP contribution in [0.5, 0.6) is 0 Å². The largest absolute Gasteiger partial charge is 0.397 e. The molecule has 94 valence electrons. The van der Waals surface area contributed by atoms with Gasteiger partial charge in [0.1, 0.15) is 5.82 Å². The smallest absolute Gasteiger partial charge is 0.250 e. The monoisotopic (exact) mass is 247 g/mol. The summed E-state index contributed by atoms with van der Waals surface area (Å²) in [6, 6.07) is 3.58. The number of amides is 1. The van der Waals surface area contributed by atoms with Crippen molar-refractivity contribution in [2.45, 2.75) is 6.10 Å². The van der Waals surface area contributed by atoms with E-state index in [2.05, 4.69) is 4.98 Å². The van der Waals surface area contributed by atoms with Gasteiger partial charge in [-0.1, -0.05) is 0 Å². The Morgan fingerprint density at radius 3 is 3.11 bits per heavy atom. The van der Waals surface area contributed by atoms with E-state index in [4.69, 9.17) is 21.5 Å². The van der Waals surface area contributed by atoms with Gasteiger partial charge in [-0.05, 0) is 6.07 Å². The van der Waals surface area contributed by atoms with Crippen LogP contribution in [0, 0.1) is 11.3 Å². The summed E-state index contributed by atoms with van der Waals surface area (Å²) in [5.41, 5.74) is 11.3. The Bertz CT molecular complexity index is 511. The van der Waals surface area contributed by atoms with Crippen molar-refractivity contribution < 1.29 is 9.53 Å². The average molecular weight is 247 g/mol. The highest BCUT2D eigenvalue weighted by Crippen LogP contribution is 2.19. The normalized spacial score (nSPS) is 19.3. The zero-order valence-electron chi connectivity index (χ0n) is 9.67. The highest BCUT2D eigenvalue weighted by atomic mass is 16.5. The number of rotatable bonds is 2. The molecule has 0 radical (unpaired) electrons. The van der Waals surface area contributed by atoms with Gasteiger partial charge < -0.3 is 21.1 Å². The van der Waals surface area contributed by atoms with E-state index in [9.17, 15) is 4.79 Å². The van der Waals surface area contributed by atoms with E-state index in [1.165, 1.54) is 12.3 Å². The third kappa shape index (κ3) is 2.33. The number of anilines is 2. The van der Waals surface area contributed by atoms with E-state index in [-0.39, 0.29) is 11.3 Å². The second-order valence-electron chi connectivity index (χ2n) is 3.93. The summed E-state index contributed by atoms with van der Waals surface area (Å²) in [4.78, 5) is 17.2. The van der Waals surface area contributed by atoms with Gasteiger partial charge in [0, 0.05) is 6.54 Å². The highest BCUT2D eigenvalue weighted by Gasteiger charge is 2.22. The molecule has 4 N–H and O–H groups in total. The second kappa shape index (κ2) is 4.89. The molecular weight excluding hydrogens is 234 g/mol. The number of pyridine rings is 1. The Morgan fingerprint density at radius 1 is 1.67 bits per heavy atom. The summed E-state index contributed by atoms with van der Waals surface area (Å²) in [5, 5.41) is 8.83. The number of ether oxygens (including phenoxy) is 1. The van der Waals surface area contributed by atoms with E-state index in [1.54, 1.807) is 0 Å². The van der Waals surface area contributed by atoms with Crippen LogP contribution in [0.15, 0.2) is 12.3 Å². The van der Waals surface area contributed by atoms with Crippen LogP contribution in [0.2, 0.25) is 0 Å². The van der Waals surface area contributed by atoms with Crippen LogP contribution in [0.4, 0.5) is 11.5 Å². The maximum atomic E-state index is 11.2. The number of aromatic nitrogens is 1. The van der Waals surface area contributed by atoms with Crippen molar-refractivity contribution in [3.63, 3.8) is 0 Å². The lowest BCUT2D eigenvalue weighted by atomic mass is 10.2. The molecule has 0 spiro atoms. The highest BCUT2D eigenvalue weighted by molar-refractivity contribution is 5.98. The molecule has 1 atom stereocenters. The first-order chi connectivity index (χ1) is 8.61. The van der Waals surface area contributed by atoms with Crippen LogP contribution in [0.1, 0.15) is 10.4 Å². The number of carbonyl (C=O) groups excluding carboxylic acids is 1. The first-order valence-corrected chi connectivity index (χ1v) is 5.43. The van der Waals surface area contributed by atoms with E-state index < -0.39 is 12.0 Å². The molecule has 18 heavy (non-hydrogen) atoms. The molecule has 1 amide bonds. The first kappa shape index (κ1) is 12.1. The number of carbonyl (C=O) groups is 1. The van der Waals surface area contributed by atoms with Crippen LogP contribution < -0.4 is 16.4 Å². The Hall–Kier alpha value is -2.33. The predicted octanol–water partition coefficient (Wildman–Crippen LogP) is -0.509. The Balaban J connectivity index is 2.26. The molecule has 0 bridgehead atoms. The van der Waals surface area contributed by atoms with Crippen molar-refractivity contribution in [1.82, 2.24) is 4.98 Å². The fraction of sp³-hybridized carbons (Fsp3) is 0.364. The van der Waals surface area contributed by atoms with Gasteiger partial charge in [0.05, 0.1) is 36.7 Å². The van der Waals surface area contributed by atoms with E-state index in [1.807, 2.05) is 11.0 Å². The summed E-state index contributed by atoms with van der Waals surface area (Å²) in [6.45, 7) is 1.45. The molecule has 0 aliphatic carbocycles. The van der Waals surface area contributed by atoms with Crippen molar-refractivity contribution in [2.24, 2.45) is 5.73 Å². The molecule has 1 aromatic heterocycles. The third-order valence-corrected chi connectivity index (χ3v) is 2.72. The molecule has 0 saturated carbocycles. The fourth-order valence-corrected chi connectivity index (χ4v) is 1.78. The number of nitrogens with two attached hydrogens (primary N) is 2. The average Bonchev–Trinajstić information content (AvgIpc) is 2.39. The van der Waals surface area contributed by atoms with Crippen molar-refractivity contribution in [3.05, 3.63) is 17.8 Å². The standard InChI is InChI=1S/C11H13N5O2/c12-4-7-6-16(1-2-18-7)10-3-8(11(14)17)9(13)5-15-10/h3,5,7H,1-2,6,13H2,(H2,14,17). The van der Waals surface area contributed by atoms with Gasteiger partial charge in [0.15, 0.2) is 6.10 Å². The maximum Gasteiger partial charge on any atom is 0.250 e.